The minimum absolute atomic E-state index is 0.0472. The number of hydrogen-bond donors (Lipinski definition) is 8. The molecular weight excluding hydrogens is 536 g/mol. The standard InChI is InChI=1S/C23H48N6O11/c1-14-17(31)18(32)22(16(13-30)38-14)40-23-20(34)19(33)21(37-2)15(39-23)12-26-8-4-7-25-9-5-11-28(10-3-6-24)29(36)27-35/h14-23,25-26,30-35H,3-13,24H2,1-2H3/p-1/b29-27-/t14-,15-,16-,17+,18-,19-,20-,21?,22?,23-/m1/s1. The number of ether oxygens (including phenoxy) is 4. The van der Waals surface area contributed by atoms with E-state index in [0.29, 0.717) is 52.1 Å². The molecule has 0 aromatic rings. The second kappa shape index (κ2) is 18.1. The summed E-state index contributed by atoms with van der Waals surface area (Å²) in [6.07, 6.45) is -9.49. The minimum atomic E-state index is -1.52. The number of rotatable bonds is 18. The molecule has 40 heavy (non-hydrogen) atoms. The van der Waals surface area contributed by atoms with Crippen LogP contribution >= 0.6 is 0 Å². The van der Waals surface area contributed by atoms with Crippen molar-refractivity contribution in [3.63, 3.8) is 0 Å². The van der Waals surface area contributed by atoms with Gasteiger partial charge in [-0.05, 0) is 57.6 Å². The quantitative estimate of drug-likeness (QED) is 0.0335. The van der Waals surface area contributed by atoms with Gasteiger partial charge in [-0.2, -0.15) is 0 Å². The Kier molecular flexibility index (Phi) is 15.7. The molecule has 17 heteroatoms. The molecule has 2 heterocycles. The first-order valence-corrected chi connectivity index (χ1v) is 13.7. The van der Waals surface area contributed by atoms with Gasteiger partial charge in [0.05, 0.1) is 25.8 Å². The van der Waals surface area contributed by atoms with E-state index in [0.717, 1.165) is 6.42 Å². The molecule has 0 bridgehead atoms. The van der Waals surface area contributed by atoms with Crippen molar-refractivity contribution in [1.29, 1.82) is 0 Å². The van der Waals surface area contributed by atoms with Crippen LogP contribution in [0.1, 0.15) is 26.2 Å². The smallest absolute Gasteiger partial charge is 0.187 e. The van der Waals surface area contributed by atoms with Gasteiger partial charge in [0.1, 0.15) is 48.8 Å². The van der Waals surface area contributed by atoms with Gasteiger partial charge in [-0.25, -0.2) is 0 Å². The molecule has 2 rings (SSSR count). The summed E-state index contributed by atoms with van der Waals surface area (Å²) in [4.78, 5) is 0.0472. The predicted octanol–water partition coefficient (Wildman–Crippen LogP) is -3.68. The second-order valence-corrected chi connectivity index (χ2v) is 9.96. The lowest BCUT2D eigenvalue weighted by atomic mass is 9.95. The highest BCUT2D eigenvalue weighted by Gasteiger charge is 2.50. The van der Waals surface area contributed by atoms with Crippen molar-refractivity contribution >= 4 is 0 Å². The molecule has 2 aliphatic rings. The third-order valence-electron chi connectivity index (χ3n) is 7.06. The number of aliphatic hydroxyl groups excluding tert-OH is 5. The van der Waals surface area contributed by atoms with E-state index in [9.17, 15) is 35.9 Å². The summed E-state index contributed by atoms with van der Waals surface area (Å²) in [6.45, 7) is 4.34. The number of aliphatic hydroxyl groups is 5. The van der Waals surface area contributed by atoms with Crippen LogP contribution in [-0.2, 0) is 18.9 Å². The lowest BCUT2D eigenvalue weighted by Gasteiger charge is -2.46. The number of hydrazine groups is 1. The van der Waals surface area contributed by atoms with Gasteiger partial charge in [0.2, 0.25) is 0 Å². The average Bonchev–Trinajstić information content (AvgIpc) is 2.95. The van der Waals surface area contributed by atoms with Gasteiger partial charge in [0.15, 0.2) is 6.29 Å². The fourth-order valence-electron chi connectivity index (χ4n) is 4.77. The fraction of sp³-hybridized carbons (Fsp3) is 1.00. The first-order valence-electron chi connectivity index (χ1n) is 13.7. The Labute approximate surface area is 234 Å². The minimum Gasteiger partial charge on any atom is -0.737 e. The van der Waals surface area contributed by atoms with Gasteiger partial charge < -0.3 is 71.3 Å². The van der Waals surface area contributed by atoms with Gasteiger partial charge in [0.25, 0.3) is 0 Å². The fourth-order valence-corrected chi connectivity index (χ4v) is 4.77. The monoisotopic (exact) mass is 583 g/mol. The normalized spacial score (nSPS) is 35.1. The Morgan fingerprint density at radius 3 is 2.23 bits per heavy atom. The van der Waals surface area contributed by atoms with Crippen molar-refractivity contribution in [1.82, 2.24) is 15.6 Å². The summed E-state index contributed by atoms with van der Waals surface area (Å²) in [5.74, 6) is 0. The first kappa shape index (κ1) is 34.7. The molecule has 0 spiro atoms. The molecule has 2 unspecified atom stereocenters. The molecule has 2 saturated heterocycles. The van der Waals surface area contributed by atoms with Gasteiger partial charge >= 0.3 is 0 Å². The van der Waals surface area contributed by atoms with Crippen LogP contribution in [0.25, 0.3) is 0 Å². The van der Waals surface area contributed by atoms with Gasteiger partial charge in [0, 0.05) is 18.6 Å². The highest BCUT2D eigenvalue weighted by molar-refractivity contribution is 4.95. The summed E-state index contributed by atoms with van der Waals surface area (Å²) in [5, 5.41) is 83.6. The third kappa shape index (κ3) is 9.81. The van der Waals surface area contributed by atoms with Crippen LogP contribution < -0.4 is 16.4 Å². The molecule has 0 aromatic carbocycles. The van der Waals surface area contributed by atoms with Crippen molar-refractivity contribution in [2.45, 2.75) is 87.4 Å². The van der Waals surface area contributed by atoms with Gasteiger partial charge in [-0.3, -0.25) is 0 Å². The van der Waals surface area contributed by atoms with Crippen LogP contribution in [-0.4, -0.2) is 156 Å². The summed E-state index contributed by atoms with van der Waals surface area (Å²) < 4.78 is 22.5. The zero-order valence-corrected chi connectivity index (χ0v) is 23.2. The van der Waals surface area contributed by atoms with Gasteiger partial charge in [-0.15, -0.1) is 5.01 Å². The summed E-state index contributed by atoms with van der Waals surface area (Å²) in [5.41, 5.74) is 5.45. The van der Waals surface area contributed by atoms with Crippen LogP contribution in [0.15, 0.2) is 5.28 Å². The Morgan fingerprint density at radius 1 is 0.925 bits per heavy atom. The molecule has 2 aliphatic heterocycles. The zero-order valence-electron chi connectivity index (χ0n) is 23.2. The summed E-state index contributed by atoms with van der Waals surface area (Å²) in [6, 6.07) is 0. The third-order valence-corrected chi connectivity index (χ3v) is 7.06. The van der Waals surface area contributed by atoms with Gasteiger partial charge in [-0.1, -0.05) is 0 Å². The Hall–Kier alpha value is -1.48. The highest BCUT2D eigenvalue weighted by atomic mass is 16.7. The van der Waals surface area contributed by atoms with E-state index >= 15 is 0 Å². The molecule has 9 N–H and O–H groups in total. The predicted molar refractivity (Wildman–Crippen MR) is 139 cm³/mol. The molecule has 0 saturated carbocycles. The van der Waals surface area contributed by atoms with E-state index in [4.69, 9.17) is 24.7 Å². The van der Waals surface area contributed by atoms with Crippen LogP contribution in [0.5, 0.6) is 0 Å². The van der Waals surface area contributed by atoms with Crippen molar-refractivity contribution in [3.8, 4) is 0 Å². The number of methoxy groups -OCH3 is 1. The molecule has 17 nitrogen and oxygen atoms in total. The van der Waals surface area contributed by atoms with Crippen LogP contribution in [0.4, 0.5) is 0 Å². The van der Waals surface area contributed by atoms with E-state index in [-0.39, 0.29) is 11.5 Å². The van der Waals surface area contributed by atoms with Crippen LogP contribution in [0, 0.1) is 10.4 Å². The first-order chi connectivity index (χ1) is 19.2. The topological polar surface area (TPSA) is 253 Å². The van der Waals surface area contributed by atoms with E-state index in [1.807, 2.05) is 0 Å². The molecular formula is C23H47N6O11-. The molecule has 10 atom stereocenters. The second-order valence-electron chi connectivity index (χ2n) is 9.96. The molecule has 2 fully saturated rings. The van der Waals surface area contributed by atoms with E-state index in [1.165, 1.54) is 12.1 Å². The molecule has 0 aliphatic carbocycles. The van der Waals surface area contributed by atoms with Crippen molar-refractivity contribution in [3.05, 3.63) is 10.4 Å². The maximum atomic E-state index is 11.5. The SMILES string of the molecule is COC1[C@@H](CNCCCNCCCN(CCCN)/[N+]([O-])=N/[O-])O[C@H](OC2[C@@H](CO)O[C@H](C)[C@H](O)[C@H]2O)[C@H](O)[C@H]1O. The van der Waals surface area contributed by atoms with Crippen molar-refractivity contribution < 1.29 is 49.4 Å². The van der Waals surface area contributed by atoms with Crippen molar-refractivity contribution in [2.24, 2.45) is 11.0 Å². The Morgan fingerprint density at radius 2 is 1.57 bits per heavy atom. The van der Waals surface area contributed by atoms with E-state index in [2.05, 4.69) is 15.9 Å². The van der Waals surface area contributed by atoms with Crippen LogP contribution in [0.2, 0.25) is 0 Å². The number of hydrogen-bond acceptors (Lipinski definition) is 15. The maximum absolute atomic E-state index is 11.5. The van der Waals surface area contributed by atoms with E-state index < -0.39 is 67.8 Å². The Bertz CT molecular complexity index is 727. The summed E-state index contributed by atoms with van der Waals surface area (Å²) in [7, 11) is 1.38. The highest BCUT2D eigenvalue weighted by Crippen LogP contribution is 2.29. The van der Waals surface area contributed by atoms with E-state index in [1.54, 1.807) is 6.92 Å². The molecule has 0 amide bonds. The average molecular weight is 584 g/mol. The number of nitrogens with two attached hydrogens (primary N) is 1. The Balaban J connectivity index is 1.76. The number of nitrogens with zero attached hydrogens (tertiary/aromatic N) is 3. The lowest BCUT2D eigenvalue weighted by molar-refractivity contribution is -0.690. The molecule has 236 valence electrons. The number of nitrogens with one attached hydrogen (secondary N) is 2. The lowest BCUT2D eigenvalue weighted by Crippen LogP contribution is -2.64. The zero-order chi connectivity index (χ0) is 29.7. The molecule has 0 aromatic heterocycles. The summed E-state index contributed by atoms with van der Waals surface area (Å²) >= 11 is 0. The maximum Gasteiger partial charge on any atom is 0.187 e. The molecule has 0 radical (unpaired) electrons. The van der Waals surface area contributed by atoms with Crippen LogP contribution in [0.3, 0.4) is 0 Å². The largest absolute Gasteiger partial charge is 0.737 e. The van der Waals surface area contributed by atoms with Crippen molar-refractivity contribution in [2.75, 3.05) is 59.5 Å².